The third kappa shape index (κ3) is 6.95. The molecule has 33 heavy (non-hydrogen) atoms. The molecule has 2 saturated carbocycles. The van der Waals surface area contributed by atoms with E-state index >= 15 is 0 Å². The first-order valence-electron chi connectivity index (χ1n) is 10.8. The van der Waals surface area contributed by atoms with Crippen LogP contribution in [0, 0.1) is 63.7 Å². The number of para-hydroxylation sites is 1. The van der Waals surface area contributed by atoms with Crippen LogP contribution in [0.25, 0.3) is 0 Å². The van der Waals surface area contributed by atoms with Crippen LogP contribution in [0.5, 0.6) is 5.75 Å². The Kier molecular flexibility index (Phi) is 11.0. The standard InChI is InChI=1S/C25H22OP.C5H5.Fe/c1-26-24-19-11-10-18-23(24)25(20-12-8-9-13-20)27(21-14-4-2-5-15-21)22-16-6-3-7-17-22;1-2-4-5-3-1;/h2-19,25H,1H3;1-5H;/q;;+2. The second kappa shape index (κ2) is 14.0. The van der Waals surface area contributed by atoms with E-state index in [1.807, 2.05) is 38.2 Å². The van der Waals surface area contributed by atoms with E-state index in [2.05, 4.69) is 105 Å². The molecule has 5 rings (SSSR count). The van der Waals surface area contributed by atoms with E-state index in [1.54, 1.807) is 7.11 Å². The summed E-state index contributed by atoms with van der Waals surface area (Å²) in [5.74, 6) is 2.28. The molecule has 0 aliphatic heterocycles. The normalized spacial score (nSPS) is 16.5. The van der Waals surface area contributed by atoms with E-state index in [1.165, 1.54) is 22.1 Å². The van der Waals surface area contributed by atoms with E-state index < -0.39 is 7.92 Å². The van der Waals surface area contributed by atoms with Crippen molar-refractivity contribution in [2.24, 2.45) is 0 Å². The molecule has 1 atom stereocenters. The number of hydrogen-bond donors (Lipinski definition) is 0. The Morgan fingerprint density at radius 2 is 1.03 bits per heavy atom. The fourth-order valence-corrected chi connectivity index (χ4v) is 6.72. The molecule has 3 aromatic carbocycles. The van der Waals surface area contributed by atoms with Crippen LogP contribution in [0.1, 0.15) is 11.2 Å². The second-order valence-corrected chi connectivity index (χ2v) is 9.66. The smallest absolute Gasteiger partial charge is 0.496 e. The molecule has 3 heteroatoms. The fraction of sp³-hybridized carbons (Fsp3) is 0.0667. The van der Waals surface area contributed by atoms with Crippen LogP contribution in [0.3, 0.4) is 0 Å². The Morgan fingerprint density at radius 3 is 1.52 bits per heavy atom. The van der Waals surface area contributed by atoms with Gasteiger partial charge in [-0.1, -0.05) is 78.9 Å². The van der Waals surface area contributed by atoms with Crippen molar-refractivity contribution in [3.63, 3.8) is 0 Å². The van der Waals surface area contributed by atoms with Gasteiger partial charge in [0.2, 0.25) is 0 Å². The van der Waals surface area contributed by atoms with Crippen molar-refractivity contribution in [1.82, 2.24) is 0 Å². The van der Waals surface area contributed by atoms with Crippen molar-refractivity contribution in [2.45, 2.75) is 5.66 Å². The van der Waals surface area contributed by atoms with Gasteiger partial charge in [-0.2, -0.15) is 0 Å². The van der Waals surface area contributed by atoms with E-state index in [0.717, 1.165) is 5.75 Å². The number of benzene rings is 3. The third-order valence-corrected chi connectivity index (χ3v) is 8.12. The Bertz CT molecular complexity index is 873. The summed E-state index contributed by atoms with van der Waals surface area (Å²) in [7, 11) is 1.12. The summed E-state index contributed by atoms with van der Waals surface area (Å²) in [6.07, 6.45) is 18.7. The minimum Gasteiger partial charge on any atom is -0.496 e. The molecule has 1 unspecified atom stereocenters. The van der Waals surface area contributed by atoms with Gasteiger partial charge in [-0.05, 0) is 88.3 Å². The average molecular weight is 490 g/mol. The SMILES string of the molecule is COc1ccccc1C([C]1[CH][CH][CH][CH]1)P(c1ccccc1)c1ccccc1.[CH]1[CH][CH][CH][CH]1.[Fe+2]. The number of rotatable bonds is 6. The molecule has 0 heterocycles. The molecular weight excluding hydrogens is 463 g/mol. The molecule has 0 N–H and O–H groups in total. The molecule has 3 aromatic rings. The summed E-state index contributed by atoms with van der Waals surface area (Å²) >= 11 is 0. The Labute approximate surface area is 212 Å². The maximum atomic E-state index is 5.76. The molecule has 2 fully saturated rings. The van der Waals surface area contributed by atoms with Gasteiger partial charge < -0.3 is 4.74 Å². The van der Waals surface area contributed by atoms with Crippen molar-refractivity contribution < 1.29 is 21.8 Å². The zero-order valence-corrected chi connectivity index (χ0v) is 20.6. The van der Waals surface area contributed by atoms with Crippen molar-refractivity contribution in [1.29, 1.82) is 0 Å². The molecule has 0 amide bonds. The minimum atomic E-state index is -0.643. The molecular formula is C30H27FeOP+2. The second-order valence-electron chi connectivity index (χ2n) is 7.37. The average Bonchev–Trinajstić information content (AvgIpc) is 3.61. The molecule has 2 aliphatic carbocycles. The van der Waals surface area contributed by atoms with Crippen LogP contribution in [0.2, 0.25) is 0 Å². The molecule has 0 aromatic heterocycles. The fourth-order valence-electron chi connectivity index (χ4n) is 3.88. The Morgan fingerprint density at radius 1 is 0.576 bits per heavy atom. The van der Waals surface area contributed by atoms with Crippen molar-refractivity contribution in [3.05, 3.63) is 154 Å². The Hall–Kier alpha value is -1.59. The van der Waals surface area contributed by atoms with E-state index in [4.69, 9.17) is 4.74 Å². The predicted octanol–water partition coefficient (Wildman–Crippen LogP) is 6.29. The summed E-state index contributed by atoms with van der Waals surface area (Å²) in [5, 5.41) is 2.74. The van der Waals surface area contributed by atoms with Gasteiger partial charge in [-0.25, -0.2) is 0 Å². The van der Waals surface area contributed by atoms with Gasteiger partial charge in [0, 0.05) is 11.2 Å². The van der Waals surface area contributed by atoms with Crippen LogP contribution in [0.15, 0.2) is 84.9 Å². The maximum Gasteiger partial charge on any atom is 2.00 e. The maximum absolute atomic E-state index is 5.76. The number of hydrogen-bond acceptors (Lipinski definition) is 1. The van der Waals surface area contributed by atoms with Crippen LogP contribution in [-0.2, 0) is 17.1 Å². The summed E-state index contributed by atoms with van der Waals surface area (Å²) < 4.78 is 5.76. The van der Waals surface area contributed by atoms with Gasteiger partial charge in [0.15, 0.2) is 0 Å². The summed E-state index contributed by atoms with van der Waals surface area (Å²) in [6, 6.07) is 30.2. The van der Waals surface area contributed by atoms with Gasteiger partial charge >= 0.3 is 17.1 Å². The summed E-state index contributed by atoms with van der Waals surface area (Å²) in [5.41, 5.74) is 1.47. The first-order chi connectivity index (χ1) is 15.9. The topological polar surface area (TPSA) is 9.23 Å². The molecule has 0 spiro atoms. The number of ether oxygens (including phenoxy) is 1. The van der Waals surface area contributed by atoms with Gasteiger partial charge in [-0.15, -0.1) is 0 Å². The van der Waals surface area contributed by atoms with Crippen LogP contribution < -0.4 is 15.3 Å². The molecule has 0 bridgehead atoms. The van der Waals surface area contributed by atoms with Crippen molar-refractivity contribution in [3.8, 4) is 5.75 Å². The zero-order valence-electron chi connectivity index (χ0n) is 18.6. The van der Waals surface area contributed by atoms with Gasteiger partial charge in [0.25, 0.3) is 0 Å². The van der Waals surface area contributed by atoms with Crippen LogP contribution >= 0.6 is 7.92 Å². The molecule has 164 valence electrons. The van der Waals surface area contributed by atoms with Gasteiger partial charge in [-0.3, -0.25) is 0 Å². The molecule has 10 radical (unpaired) electrons. The molecule has 1 nitrogen and oxygen atoms in total. The monoisotopic (exact) mass is 490 g/mol. The first kappa shape index (κ1) is 26.0. The Balaban J connectivity index is 0.000000453. The van der Waals surface area contributed by atoms with Crippen LogP contribution in [0.4, 0.5) is 0 Å². The van der Waals surface area contributed by atoms with Crippen LogP contribution in [-0.4, -0.2) is 7.11 Å². The minimum absolute atomic E-state index is 0. The van der Waals surface area contributed by atoms with E-state index in [9.17, 15) is 0 Å². The largest absolute Gasteiger partial charge is 2.00 e. The zero-order chi connectivity index (χ0) is 22.0. The third-order valence-electron chi connectivity index (χ3n) is 5.32. The summed E-state index contributed by atoms with van der Waals surface area (Å²) in [6.45, 7) is 0. The quantitative estimate of drug-likeness (QED) is 0.292. The molecule has 2 aliphatic rings. The van der Waals surface area contributed by atoms with Gasteiger partial charge in [0.05, 0.1) is 7.11 Å². The van der Waals surface area contributed by atoms with E-state index in [0.29, 0.717) is 0 Å². The number of methoxy groups -OCH3 is 1. The summed E-state index contributed by atoms with van der Waals surface area (Å²) in [4.78, 5) is 0. The molecule has 0 saturated heterocycles. The van der Waals surface area contributed by atoms with Crippen molar-refractivity contribution in [2.75, 3.05) is 7.11 Å². The van der Waals surface area contributed by atoms with Crippen molar-refractivity contribution >= 4 is 18.5 Å². The predicted molar refractivity (Wildman–Crippen MR) is 137 cm³/mol. The van der Waals surface area contributed by atoms with E-state index in [-0.39, 0.29) is 22.7 Å². The van der Waals surface area contributed by atoms with Gasteiger partial charge in [0.1, 0.15) is 5.75 Å². The first-order valence-corrected chi connectivity index (χ1v) is 12.2.